The van der Waals surface area contributed by atoms with Crippen LogP contribution in [-0.4, -0.2) is 34.9 Å². The number of aromatic nitrogens is 3. The summed E-state index contributed by atoms with van der Waals surface area (Å²) in [5, 5.41) is 12.5. The highest BCUT2D eigenvalue weighted by Crippen LogP contribution is 2.27. The monoisotopic (exact) mass is 458 g/mol. The van der Waals surface area contributed by atoms with E-state index in [9.17, 15) is 4.79 Å². The lowest BCUT2D eigenvalue weighted by atomic mass is 10.1. The normalized spacial score (nSPS) is 11.0. The zero-order chi connectivity index (χ0) is 22.2. The first-order valence-electron chi connectivity index (χ1n) is 9.56. The quantitative estimate of drug-likeness (QED) is 0.362. The fourth-order valence-electron chi connectivity index (χ4n) is 2.80. The van der Waals surface area contributed by atoms with Crippen molar-refractivity contribution in [2.24, 2.45) is 0 Å². The molecule has 0 aliphatic carbocycles. The molecule has 0 saturated carbocycles. The number of ether oxygens (including phenoxy) is 2. The van der Waals surface area contributed by atoms with Crippen LogP contribution in [0, 0.1) is 0 Å². The number of amides is 1. The van der Waals surface area contributed by atoms with E-state index in [1.54, 1.807) is 32.4 Å². The summed E-state index contributed by atoms with van der Waals surface area (Å²) >= 11 is 7.74. The molecule has 9 heteroatoms. The van der Waals surface area contributed by atoms with Crippen LogP contribution in [0.1, 0.15) is 18.1 Å². The van der Waals surface area contributed by atoms with E-state index in [1.165, 1.54) is 17.8 Å². The molecule has 0 bridgehead atoms. The standard InChI is InChI=1S/C22H23ClN4O3S/c1-4-27-21(25-26-22(27)31-14-16-7-5-6-8-18(16)23)24-20(28)12-10-15-9-11-17(29-2)13-19(15)30-3/h5-13H,4,14H2,1-3H3,(H,24,25,28)/b12-10+. The van der Waals surface area contributed by atoms with Gasteiger partial charge in [0.2, 0.25) is 5.95 Å². The summed E-state index contributed by atoms with van der Waals surface area (Å²) in [4.78, 5) is 12.4. The topological polar surface area (TPSA) is 78.3 Å². The van der Waals surface area contributed by atoms with Gasteiger partial charge in [-0.05, 0) is 36.8 Å². The predicted molar refractivity (Wildman–Crippen MR) is 124 cm³/mol. The molecule has 0 fully saturated rings. The number of nitrogens with one attached hydrogen (secondary N) is 1. The molecule has 0 unspecified atom stereocenters. The van der Waals surface area contributed by atoms with Crippen LogP contribution in [0.25, 0.3) is 6.08 Å². The Hall–Kier alpha value is -2.97. The molecule has 3 rings (SSSR count). The second-order valence-electron chi connectivity index (χ2n) is 6.36. The minimum atomic E-state index is -0.317. The lowest BCUT2D eigenvalue weighted by Gasteiger charge is -2.08. The van der Waals surface area contributed by atoms with Crippen LogP contribution < -0.4 is 14.8 Å². The third-order valence-electron chi connectivity index (χ3n) is 4.44. The Morgan fingerprint density at radius 1 is 1.19 bits per heavy atom. The Morgan fingerprint density at radius 2 is 2.00 bits per heavy atom. The average Bonchev–Trinajstić information content (AvgIpc) is 3.18. The average molecular weight is 459 g/mol. The van der Waals surface area contributed by atoms with Crippen molar-refractivity contribution >= 4 is 41.3 Å². The molecular formula is C22H23ClN4O3S. The van der Waals surface area contributed by atoms with Gasteiger partial charge in [-0.1, -0.05) is 41.6 Å². The molecule has 0 atom stereocenters. The second-order valence-corrected chi connectivity index (χ2v) is 7.71. The van der Waals surface area contributed by atoms with Crippen molar-refractivity contribution in [2.75, 3.05) is 19.5 Å². The van der Waals surface area contributed by atoms with Crippen molar-refractivity contribution in [3.63, 3.8) is 0 Å². The lowest BCUT2D eigenvalue weighted by Crippen LogP contribution is -2.13. The van der Waals surface area contributed by atoms with Crippen LogP contribution in [0.5, 0.6) is 11.5 Å². The highest BCUT2D eigenvalue weighted by atomic mass is 35.5. The van der Waals surface area contributed by atoms with Crippen LogP contribution in [0.2, 0.25) is 5.02 Å². The summed E-state index contributed by atoms with van der Waals surface area (Å²) in [7, 11) is 3.15. The maximum Gasteiger partial charge on any atom is 0.250 e. The van der Waals surface area contributed by atoms with E-state index >= 15 is 0 Å². The predicted octanol–water partition coefficient (Wildman–Crippen LogP) is 4.91. The molecule has 2 aromatic carbocycles. The van der Waals surface area contributed by atoms with Gasteiger partial charge in [0.15, 0.2) is 5.16 Å². The number of halogens is 1. The number of methoxy groups -OCH3 is 2. The first-order chi connectivity index (χ1) is 15.0. The molecule has 3 aromatic rings. The van der Waals surface area contributed by atoms with Gasteiger partial charge in [0, 0.05) is 35.0 Å². The van der Waals surface area contributed by atoms with Crippen molar-refractivity contribution in [2.45, 2.75) is 24.4 Å². The molecule has 31 heavy (non-hydrogen) atoms. The smallest absolute Gasteiger partial charge is 0.250 e. The minimum absolute atomic E-state index is 0.317. The van der Waals surface area contributed by atoms with Gasteiger partial charge in [0.25, 0.3) is 5.91 Å². The molecule has 1 N–H and O–H groups in total. The van der Waals surface area contributed by atoms with E-state index in [2.05, 4.69) is 15.5 Å². The number of hydrogen-bond acceptors (Lipinski definition) is 6. The molecular weight excluding hydrogens is 436 g/mol. The zero-order valence-corrected chi connectivity index (χ0v) is 19.0. The first-order valence-corrected chi connectivity index (χ1v) is 10.9. The van der Waals surface area contributed by atoms with E-state index in [0.29, 0.717) is 39.9 Å². The summed E-state index contributed by atoms with van der Waals surface area (Å²) < 4.78 is 12.4. The van der Waals surface area contributed by atoms with E-state index in [0.717, 1.165) is 11.1 Å². The van der Waals surface area contributed by atoms with E-state index in [-0.39, 0.29) is 5.91 Å². The van der Waals surface area contributed by atoms with Crippen molar-refractivity contribution in [3.05, 3.63) is 64.7 Å². The van der Waals surface area contributed by atoms with Crippen molar-refractivity contribution in [1.29, 1.82) is 0 Å². The molecule has 0 spiro atoms. The Kier molecular flexibility index (Phi) is 7.97. The largest absolute Gasteiger partial charge is 0.497 e. The van der Waals surface area contributed by atoms with Gasteiger partial charge >= 0.3 is 0 Å². The number of hydrogen-bond donors (Lipinski definition) is 1. The summed E-state index contributed by atoms with van der Waals surface area (Å²) in [5.74, 6) is 2.01. The van der Waals surface area contributed by atoms with Crippen LogP contribution >= 0.6 is 23.4 Å². The van der Waals surface area contributed by atoms with E-state index < -0.39 is 0 Å². The highest BCUT2D eigenvalue weighted by molar-refractivity contribution is 7.98. The van der Waals surface area contributed by atoms with Crippen molar-refractivity contribution < 1.29 is 14.3 Å². The third kappa shape index (κ3) is 5.80. The van der Waals surface area contributed by atoms with Gasteiger partial charge in [-0.2, -0.15) is 0 Å². The summed E-state index contributed by atoms with van der Waals surface area (Å²) in [6, 6.07) is 13.1. The van der Waals surface area contributed by atoms with Gasteiger partial charge in [0.1, 0.15) is 11.5 Å². The fraction of sp³-hybridized carbons (Fsp3) is 0.227. The van der Waals surface area contributed by atoms with Gasteiger partial charge < -0.3 is 9.47 Å². The van der Waals surface area contributed by atoms with Gasteiger partial charge in [-0.3, -0.25) is 14.7 Å². The van der Waals surface area contributed by atoms with E-state index in [4.69, 9.17) is 21.1 Å². The van der Waals surface area contributed by atoms with Crippen LogP contribution in [0.4, 0.5) is 5.95 Å². The maximum atomic E-state index is 12.4. The fourth-order valence-corrected chi connectivity index (χ4v) is 4.09. The van der Waals surface area contributed by atoms with Crippen molar-refractivity contribution in [1.82, 2.24) is 14.8 Å². The number of carbonyl (C=O) groups excluding carboxylic acids is 1. The summed E-state index contributed by atoms with van der Waals surface area (Å²) in [5.41, 5.74) is 1.77. The highest BCUT2D eigenvalue weighted by Gasteiger charge is 2.14. The van der Waals surface area contributed by atoms with Gasteiger partial charge in [-0.15, -0.1) is 10.2 Å². The molecule has 0 aliphatic heterocycles. The SMILES string of the molecule is CCn1c(NC(=O)/C=C/c2ccc(OC)cc2OC)nnc1SCc1ccccc1Cl. The molecule has 1 amide bonds. The number of nitrogens with zero attached hydrogens (tertiary/aromatic N) is 3. The number of anilines is 1. The maximum absolute atomic E-state index is 12.4. The number of benzene rings is 2. The Bertz CT molecular complexity index is 1080. The number of rotatable bonds is 9. The zero-order valence-electron chi connectivity index (χ0n) is 17.5. The Labute approximate surface area is 190 Å². The number of thioether (sulfide) groups is 1. The molecule has 162 valence electrons. The molecule has 0 radical (unpaired) electrons. The molecule has 1 aromatic heterocycles. The van der Waals surface area contributed by atoms with Crippen LogP contribution in [0.3, 0.4) is 0 Å². The molecule has 7 nitrogen and oxygen atoms in total. The summed E-state index contributed by atoms with van der Waals surface area (Å²) in [6.07, 6.45) is 3.10. The van der Waals surface area contributed by atoms with Crippen LogP contribution in [0.15, 0.2) is 53.7 Å². The van der Waals surface area contributed by atoms with Crippen LogP contribution in [-0.2, 0) is 17.1 Å². The molecule has 0 saturated heterocycles. The van der Waals surface area contributed by atoms with Gasteiger partial charge in [0.05, 0.1) is 14.2 Å². The van der Waals surface area contributed by atoms with E-state index in [1.807, 2.05) is 41.8 Å². The lowest BCUT2D eigenvalue weighted by molar-refractivity contribution is -0.111. The molecule has 0 aliphatic rings. The van der Waals surface area contributed by atoms with Gasteiger partial charge in [-0.25, -0.2) is 0 Å². The first kappa shape index (κ1) is 22.7. The molecule has 1 heterocycles. The second kappa shape index (κ2) is 10.9. The summed E-state index contributed by atoms with van der Waals surface area (Å²) in [6.45, 7) is 2.58. The third-order valence-corrected chi connectivity index (χ3v) is 5.82. The Balaban J connectivity index is 1.68. The number of carbonyl (C=O) groups is 1. The minimum Gasteiger partial charge on any atom is -0.497 e. The Morgan fingerprint density at radius 3 is 2.71 bits per heavy atom. The van der Waals surface area contributed by atoms with Crippen molar-refractivity contribution in [3.8, 4) is 11.5 Å².